The second-order valence-corrected chi connectivity index (χ2v) is 6.64. The number of aromatic hydroxyl groups is 1. The molecule has 2 rings (SSSR count). The standard InChI is InChI=1S/C21H28O6/c1-3-4-5-6-7-8-9-10-13-25-16-11-12-18-17(14-16)19(23)20(21(24)27-18)26-15(2)22/h11-12,14,23H,3-10,13H2,1-2H3. The maximum atomic E-state index is 11.8. The van der Waals surface area contributed by atoms with E-state index in [1.807, 2.05) is 0 Å². The maximum absolute atomic E-state index is 11.8. The van der Waals surface area contributed by atoms with E-state index >= 15 is 0 Å². The molecular weight excluding hydrogens is 348 g/mol. The van der Waals surface area contributed by atoms with Crippen LogP contribution in [0.2, 0.25) is 0 Å². The fraction of sp³-hybridized carbons (Fsp3) is 0.524. The Hall–Kier alpha value is -2.50. The molecule has 0 aliphatic carbocycles. The van der Waals surface area contributed by atoms with Crippen molar-refractivity contribution in [2.75, 3.05) is 6.61 Å². The first-order valence-electron chi connectivity index (χ1n) is 9.64. The number of fused-ring (bicyclic) bond motifs is 1. The average Bonchev–Trinajstić information content (AvgIpc) is 2.64. The number of carbonyl (C=O) groups excluding carboxylic acids is 1. The van der Waals surface area contributed by atoms with Gasteiger partial charge in [0, 0.05) is 6.92 Å². The third-order valence-corrected chi connectivity index (χ3v) is 4.32. The summed E-state index contributed by atoms with van der Waals surface area (Å²) in [7, 11) is 0. The number of hydrogen-bond acceptors (Lipinski definition) is 6. The Morgan fingerprint density at radius 3 is 2.41 bits per heavy atom. The zero-order valence-electron chi connectivity index (χ0n) is 16.1. The molecule has 6 nitrogen and oxygen atoms in total. The molecule has 1 aromatic heterocycles. The molecule has 0 unspecified atom stereocenters. The topological polar surface area (TPSA) is 86.0 Å². The summed E-state index contributed by atoms with van der Waals surface area (Å²) in [6.45, 7) is 3.94. The van der Waals surface area contributed by atoms with Crippen LogP contribution in [-0.4, -0.2) is 17.7 Å². The lowest BCUT2D eigenvalue weighted by Crippen LogP contribution is -2.11. The molecule has 0 aliphatic heterocycles. The number of esters is 1. The molecule has 0 fully saturated rings. The summed E-state index contributed by atoms with van der Waals surface area (Å²) in [5, 5.41) is 10.5. The molecule has 27 heavy (non-hydrogen) atoms. The molecule has 0 bridgehead atoms. The van der Waals surface area contributed by atoms with Crippen molar-refractivity contribution in [3.8, 4) is 17.2 Å². The van der Waals surface area contributed by atoms with Gasteiger partial charge in [-0.1, -0.05) is 51.9 Å². The van der Waals surface area contributed by atoms with Crippen molar-refractivity contribution in [1.29, 1.82) is 0 Å². The Labute approximate surface area is 159 Å². The molecule has 0 amide bonds. The Morgan fingerprint density at radius 2 is 1.74 bits per heavy atom. The van der Waals surface area contributed by atoms with Crippen LogP contribution in [0.4, 0.5) is 0 Å². The van der Waals surface area contributed by atoms with Gasteiger partial charge in [-0.05, 0) is 24.6 Å². The summed E-state index contributed by atoms with van der Waals surface area (Å²) in [6, 6.07) is 4.81. The summed E-state index contributed by atoms with van der Waals surface area (Å²) in [4.78, 5) is 22.9. The normalized spacial score (nSPS) is 10.9. The van der Waals surface area contributed by atoms with Crippen LogP contribution in [0.15, 0.2) is 27.4 Å². The highest BCUT2D eigenvalue weighted by molar-refractivity contribution is 5.87. The molecule has 0 saturated carbocycles. The minimum Gasteiger partial charge on any atom is -0.504 e. The van der Waals surface area contributed by atoms with Gasteiger partial charge in [0.2, 0.25) is 0 Å². The summed E-state index contributed by atoms with van der Waals surface area (Å²) < 4.78 is 15.6. The van der Waals surface area contributed by atoms with E-state index in [0.717, 1.165) is 19.8 Å². The lowest BCUT2D eigenvalue weighted by atomic mass is 10.1. The van der Waals surface area contributed by atoms with Gasteiger partial charge >= 0.3 is 11.6 Å². The van der Waals surface area contributed by atoms with Crippen molar-refractivity contribution in [2.24, 2.45) is 0 Å². The number of carbonyl (C=O) groups is 1. The van der Waals surface area contributed by atoms with E-state index in [-0.39, 0.29) is 11.0 Å². The largest absolute Gasteiger partial charge is 0.504 e. The van der Waals surface area contributed by atoms with Crippen LogP contribution in [0.1, 0.15) is 65.2 Å². The van der Waals surface area contributed by atoms with Crippen LogP contribution in [0.25, 0.3) is 11.0 Å². The van der Waals surface area contributed by atoms with Gasteiger partial charge in [-0.3, -0.25) is 4.79 Å². The third-order valence-electron chi connectivity index (χ3n) is 4.32. The molecule has 2 aromatic rings. The van der Waals surface area contributed by atoms with E-state index in [1.54, 1.807) is 18.2 Å². The second-order valence-electron chi connectivity index (χ2n) is 6.64. The quantitative estimate of drug-likeness (QED) is 0.339. The van der Waals surface area contributed by atoms with Crippen molar-refractivity contribution in [2.45, 2.75) is 65.2 Å². The molecular formula is C21H28O6. The van der Waals surface area contributed by atoms with Gasteiger partial charge < -0.3 is 19.0 Å². The van der Waals surface area contributed by atoms with E-state index in [2.05, 4.69) is 6.92 Å². The van der Waals surface area contributed by atoms with Crippen molar-refractivity contribution in [3.63, 3.8) is 0 Å². The van der Waals surface area contributed by atoms with Crippen LogP contribution in [0, 0.1) is 0 Å². The number of ether oxygens (including phenoxy) is 2. The van der Waals surface area contributed by atoms with E-state index in [9.17, 15) is 14.7 Å². The Kier molecular flexibility index (Phi) is 8.17. The molecule has 1 aromatic carbocycles. The first kappa shape index (κ1) is 20.8. The fourth-order valence-corrected chi connectivity index (χ4v) is 2.90. The van der Waals surface area contributed by atoms with Gasteiger partial charge in [0.1, 0.15) is 11.3 Å². The van der Waals surface area contributed by atoms with Crippen molar-refractivity contribution >= 4 is 16.9 Å². The summed E-state index contributed by atoms with van der Waals surface area (Å²) in [5.41, 5.74) is -0.698. The van der Waals surface area contributed by atoms with Crippen molar-refractivity contribution in [3.05, 3.63) is 28.6 Å². The van der Waals surface area contributed by atoms with Gasteiger partial charge in [-0.25, -0.2) is 4.79 Å². The van der Waals surface area contributed by atoms with Gasteiger partial charge in [0.05, 0.1) is 12.0 Å². The van der Waals surface area contributed by atoms with E-state index < -0.39 is 23.1 Å². The number of hydrogen-bond donors (Lipinski definition) is 1. The highest BCUT2D eigenvalue weighted by Gasteiger charge is 2.17. The monoisotopic (exact) mass is 376 g/mol. The molecule has 148 valence electrons. The Balaban J connectivity index is 1.90. The van der Waals surface area contributed by atoms with E-state index in [1.165, 1.54) is 38.5 Å². The van der Waals surface area contributed by atoms with Crippen LogP contribution in [-0.2, 0) is 4.79 Å². The first-order valence-corrected chi connectivity index (χ1v) is 9.64. The average molecular weight is 376 g/mol. The lowest BCUT2D eigenvalue weighted by molar-refractivity contribution is -0.132. The van der Waals surface area contributed by atoms with Gasteiger partial charge in [0.25, 0.3) is 5.75 Å². The van der Waals surface area contributed by atoms with Crippen molar-refractivity contribution in [1.82, 2.24) is 0 Å². The lowest BCUT2D eigenvalue weighted by Gasteiger charge is -2.09. The highest BCUT2D eigenvalue weighted by atomic mass is 16.6. The minimum absolute atomic E-state index is 0.202. The molecule has 6 heteroatoms. The Bertz CT molecular complexity index is 808. The zero-order valence-corrected chi connectivity index (χ0v) is 16.1. The predicted octanol–water partition coefficient (Wildman–Crippen LogP) is 4.94. The Morgan fingerprint density at radius 1 is 1.07 bits per heavy atom. The van der Waals surface area contributed by atoms with E-state index in [4.69, 9.17) is 13.9 Å². The number of unbranched alkanes of at least 4 members (excludes halogenated alkanes) is 7. The number of rotatable bonds is 11. The molecule has 0 saturated heterocycles. The van der Waals surface area contributed by atoms with Gasteiger partial charge in [-0.2, -0.15) is 0 Å². The summed E-state index contributed by atoms with van der Waals surface area (Å²) in [5.74, 6) is -1.08. The molecule has 0 radical (unpaired) electrons. The smallest absolute Gasteiger partial charge is 0.383 e. The third kappa shape index (κ3) is 6.31. The first-order chi connectivity index (χ1) is 13.0. The van der Waals surface area contributed by atoms with Crippen LogP contribution in [0.5, 0.6) is 17.2 Å². The molecule has 1 N–H and O–H groups in total. The summed E-state index contributed by atoms with van der Waals surface area (Å²) in [6.07, 6.45) is 9.76. The second kappa shape index (κ2) is 10.6. The molecule has 0 atom stereocenters. The maximum Gasteiger partial charge on any atom is 0.383 e. The molecule has 0 aliphatic rings. The van der Waals surface area contributed by atoms with Crippen LogP contribution >= 0.6 is 0 Å². The van der Waals surface area contributed by atoms with Gasteiger partial charge in [-0.15, -0.1) is 0 Å². The number of benzene rings is 1. The zero-order chi connectivity index (χ0) is 19.6. The van der Waals surface area contributed by atoms with Gasteiger partial charge in [0.15, 0.2) is 5.75 Å². The van der Waals surface area contributed by atoms with Crippen LogP contribution in [0.3, 0.4) is 0 Å². The predicted molar refractivity (Wildman–Crippen MR) is 104 cm³/mol. The van der Waals surface area contributed by atoms with E-state index in [0.29, 0.717) is 12.4 Å². The summed E-state index contributed by atoms with van der Waals surface area (Å²) >= 11 is 0. The molecule has 1 heterocycles. The SMILES string of the molecule is CCCCCCCCCCOc1ccc2oc(=O)c(OC(C)=O)c(O)c2c1. The fourth-order valence-electron chi connectivity index (χ4n) is 2.90. The minimum atomic E-state index is -0.900. The van der Waals surface area contributed by atoms with Crippen LogP contribution < -0.4 is 15.1 Å². The highest BCUT2D eigenvalue weighted by Crippen LogP contribution is 2.33. The van der Waals surface area contributed by atoms with Crippen molar-refractivity contribution < 1.29 is 23.8 Å². The molecule has 0 spiro atoms.